The highest BCUT2D eigenvalue weighted by atomic mass is 35.5. The first-order valence-corrected chi connectivity index (χ1v) is 12.0. The Balaban J connectivity index is 0.00000144. The van der Waals surface area contributed by atoms with E-state index in [2.05, 4.69) is 24.5 Å². The number of Topliss-reactive ketones (excluding diaryl/α,β-unsaturated/α-hetero) is 2. The maximum Gasteiger partial charge on any atom is 0.324 e. The molecule has 0 unspecified atom stereocenters. The second-order valence-electron chi connectivity index (χ2n) is 11.1. The Morgan fingerprint density at radius 3 is 2.53 bits per heavy atom. The number of hydrogen-bond acceptors (Lipinski definition) is 6. The Labute approximate surface area is 203 Å². The predicted octanol–water partition coefficient (Wildman–Crippen LogP) is 3.09. The van der Waals surface area contributed by atoms with E-state index in [1.165, 1.54) is 0 Å². The Bertz CT molecular complexity index is 758. The van der Waals surface area contributed by atoms with Crippen molar-refractivity contribution in [1.29, 1.82) is 0 Å². The maximum atomic E-state index is 13.3. The second kappa shape index (κ2) is 9.52. The van der Waals surface area contributed by atoms with E-state index in [9.17, 15) is 14.4 Å². The summed E-state index contributed by atoms with van der Waals surface area (Å²) in [5, 5.41) is 6.44. The van der Waals surface area contributed by atoms with E-state index in [-0.39, 0.29) is 59.7 Å². The van der Waals surface area contributed by atoms with Gasteiger partial charge in [0, 0.05) is 43.8 Å². The van der Waals surface area contributed by atoms with Crippen molar-refractivity contribution in [3.8, 4) is 0 Å². The summed E-state index contributed by atoms with van der Waals surface area (Å²) in [4.78, 5) is 38.5. The first-order valence-electron chi connectivity index (χ1n) is 12.0. The number of carbonyl (C=O) groups excluding carboxylic acids is 3. The third-order valence-corrected chi connectivity index (χ3v) is 9.73. The molecule has 0 aromatic carbocycles. The van der Waals surface area contributed by atoms with Crippen molar-refractivity contribution in [1.82, 2.24) is 10.6 Å². The molecular weight excluding hydrogens is 451 g/mol. The van der Waals surface area contributed by atoms with Gasteiger partial charge in [-0.3, -0.25) is 14.4 Å². The van der Waals surface area contributed by atoms with Gasteiger partial charge in [0.15, 0.2) is 0 Å². The highest BCUT2D eigenvalue weighted by molar-refractivity contribution is 5.88. The number of hydrogen-bond donors (Lipinski definition) is 2. The lowest BCUT2D eigenvalue weighted by Gasteiger charge is -2.59. The molecular formula is C24H38Cl2N2O4. The van der Waals surface area contributed by atoms with Gasteiger partial charge in [-0.1, -0.05) is 13.8 Å². The number of piperazine rings is 1. The third-order valence-electron chi connectivity index (χ3n) is 9.73. The van der Waals surface area contributed by atoms with Gasteiger partial charge < -0.3 is 15.4 Å². The van der Waals surface area contributed by atoms with Crippen LogP contribution in [0.4, 0.5) is 0 Å². The van der Waals surface area contributed by atoms with Crippen LogP contribution in [0, 0.1) is 34.5 Å². The molecule has 182 valence electrons. The van der Waals surface area contributed by atoms with Crippen molar-refractivity contribution in [3.05, 3.63) is 0 Å². The van der Waals surface area contributed by atoms with Crippen LogP contribution < -0.4 is 10.6 Å². The molecule has 1 aliphatic heterocycles. The Kier molecular flexibility index (Phi) is 7.71. The average molecular weight is 489 g/mol. The number of ketones is 2. The normalized spacial score (nSPS) is 45.4. The molecule has 32 heavy (non-hydrogen) atoms. The van der Waals surface area contributed by atoms with Crippen LogP contribution in [0.1, 0.15) is 65.2 Å². The zero-order valence-corrected chi connectivity index (χ0v) is 20.8. The first-order chi connectivity index (χ1) is 14.3. The zero-order valence-electron chi connectivity index (χ0n) is 19.2. The molecule has 0 radical (unpaired) electrons. The number of rotatable bonds is 2. The number of fused-ring (bicyclic) bond motifs is 5. The minimum absolute atomic E-state index is 0. The summed E-state index contributed by atoms with van der Waals surface area (Å²) >= 11 is 0. The summed E-state index contributed by atoms with van der Waals surface area (Å²) in [5.41, 5.74) is -0.209. The number of esters is 1. The Morgan fingerprint density at radius 2 is 1.81 bits per heavy atom. The van der Waals surface area contributed by atoms with Crippen molar-refractivity contribution < 1.29 is 19.1 Å². The molecule has 0 aromatic rings. The molecule has 8 atom stereocenters. The minimum atomic E-state index is -0.283. The highest BCUT2D eigenvalue weighted by Gasteiger charge is 2.62. The van der Waals surface area contributed by atoms with Crippen molar-refractivity contribution in [2.24, 2.45) is 34.5 Å². The SMILES string of the molecule is C[C@]12CC[C@H](OC(=O)[C@H]3CNCCN3)C[C@@H]1C(=O)C[C@@H]1[C@@H]2CC[C@]2(C)C(=O)CC[C@@H]12.Cl.Cl. The van der Waals surface area contributed by atoms with Crippen molar-refractivity contribution >= 4 is 42.3 Å². The van der Waals surface area contributed by atoms with Crippen LogP contribution in [-0.2, 0) is 19.1 Å². The molecule has 4 aliphatic carbocycles. The quantitative estimate of drug-likeness (QED) is 0.580. The van der Waals surface area contributed by atoms with Crippen molar-refractivity contribution in [2.75, 3.05) is 19.6 Å². The van der Waals surface area contributed by atoms with Gasteiger partial charge in [-0.15, -0.1) is 24.8 Å². The van der Waals surface area contributed by atoms with E-state index in [1.807, 2.05) is 0 Å². The summed E-state index contributed by atoms with van der Waals surface area (Å²) in [6, 6.07) is -0.283. The lowest BCUT2D eigenvalue weighted by atomic mass is 9.45. The molecule has 4 saturated carbocycles. The zero-order chi connectivity index (χ0) is 21.1. The monoisotopic (exact) mass is 488 g/mol. The molecule has 1 saturated heterocycles. The second-order valence-corrected chi connectivity index (χ2v) is 11.1. The Morgan fingerprint density at radius 1 is 1.03 bits per heavy atom. The highest BCUT2D eigenvalue weighted by Crippen LogP contribution is 2.64. The van der Waals surface area contributed by atoms with Gasteiger partial charge in [0.25, 0.3) is 0 Å². The Hall–Kier alpha value is -0.690. The number of halogens is 2. The van der Waals surface area contributed by atoms with E-state index in [0.29, 0.717) is 55.1 Å². The lowest BCUT2D eigenvalue weighted by Crippen LogP contribution is -2.58. The van der Waals surface area contributed by atoms with Gasteiger partial charge >= 0.3 is 5.97 Å². The average Bonchev–Trinajstić information content (AvgIpc) is 3.04. The largest absolute Gasteiger partial charge is 0.461 e. The smallest absolute Gasteiger partial charge is 0.324 e. The van der Waals surface area contributed by atoms with Gasteiger partial charge in [0.1, 0.15) is 23.7 Å². The van der Waals surface area contributed by atoms with Gasteiger partial charge in [0.2, 0.25) is 0 Å². The summed E-state index contributed by atoms with van der Waals surface area (Å²) in [6.07, 6.45) is 6.62. The summed E-state index contributed by atoms with van der Waals surface area (Å²) < 4.78 is 5.87. The topological polar surface area (TPSA) is 84.5 Å². The standard InChI is InChI=1S/C24H36N2O4.2ClH/c1-23-7-5-14(30-22(29)19-13-25-9-10-26-19)11-18(23)20(27)12-15-16-3-4-21(28)24(16,2)8-6-17(15)23;;/h14-19,25-26H,3-13H2,1-2H3;2*1H/t14-,15-,16-,17-,18+,19+,23+,24-;;/m0../s1. The van der Waals surface area contributed by atoms with Crippen LogP contribution in [0.25, 0.3) is 0 Å². The van der Waals surface area contributed by atoms with E-state index in [0.717, 1.165) is 45.2 Å². The van der Waals surface area contributed by atoms with Crippen LogP contribution >= 0.6 is 24.8 Å². The molecule has 0 bridgehead atoms. The number of carbonyl (C=O) groups is 3. The maximum absolute atomic E-state index is 13.3. The summed E-state index contributed by atoms with van der Waals surface area (Å²) in [6.45, 7) is 6.73. The minimum Gasteiger partial charge on any atom is -0.461 e. The van der Waals surface area contributed by atoms with Gasteiger partial charge in [-0.2, -0.15) is 0 Å². The van der Waals surface area contributed by atoms with E-state index < -0.39 is 0 Å². The first kappa shape index (κ1) is 25.9. The van der Waals surface area contributed by atoms with E-state index >= 15 is 0 Å². The molecule has 8 heteroatoms. The van der Waals surface area contributed by atoms with Gasteiger partial charge in [0.05, 0.1) is 0 Å². The van der Waals surface area contributed by atoms with Crippen molar-refractivity contribution in [2.45, 2.75) is 77.4 Å². The predicted molar refractivity (Wildman–Crippen MR) is 126 cm³/mol. The molecule has 1 heterocycles. The number of ether oxygens (including phenoxy) is 1. The van der Waals surface area contributed by atoms with E-state index in [4.69, 9.17) is 4.74 Å². The molecule has 0 aromatic heterocycles. The molecule has 5 fully saturated rings. The van der Waals surface area contributed by atoms with Gasteiger partial charge in [-0.25, -0.2) is 0 Å². The van der Waals surface area contributed by atoms with Gasteiger partial charge in [-0.05, 0) is 61.7 Å². The molecule has 0 amide bonds. The summed E-state index contributed by atoms with van der Waals surface area (Å²) in [7, 11) is 0. The van der Waals surface area contributed by atoms with Crippen LogP contribution in [0.3, 0.4) is 0 Å². The third kappa shape index (κ3) is 4.03. The van der Waals surface area contributed by atoms with Crippen LogP contribution in [0.15, 0.2) is 0 Å². The fraction of sp³-hybridized carbons (Fsp3) is 0.875. The number of nitrogens with one attached hydrogen (secondary N) is 2. The van der Waals surface area contributed by atoms with Crippen LogP contribution in [0.5, 0.6) is 0 Å². The fourth-order valence-electron chi connectivity index (χ4n) is 7.95. The fourth-order valence-corrected chi connectivity index (χ4v) is 7.95. The molecule has 5 rings (SSSR count). The molecule has 0 spiro atoms. The van der Waals surface area contributed by atoms with Crippen LogP contribution in [0.2, 0.25) is 0 Å². The van der Waals surface area contributed by atoms with Crippen LogP contribution in [-0.4, -0.2) is 49.3 Å². The molecule has 2 N–H and O–H groups in total. The molecule has 5 aliphatic rings. The summed E-state index contributed by atoms with van der Waals surface area (Å²) in [5.74, 6) is 1.84. The lowest BCUT2D eigenvalue weighted by molar-refractivity contribution is -0.171. The van der Waals surface area contributed by atoms with E-state index in [1.54, 1.807) is 0 Å². The molecule has 6 nitrogen and oxygen atoms in total. The van der Waals surface area contributed by atoms with Crippen molar-refractivity contribution in [3.63, 3.8) is 0 Å².